The van der Waals surface area contributed by atoms with Gasteiger partial charge in [-0.15, -0.1) is 0 Å². The number of imidazole rings is 1. The average Bonchev–Trinajstić information content (AvgIpc) is 2.94. The highest BCUT2D eigenvalue weighted by molar-refractivity contribution is 5.10. The van der Waals surface area contributed by atoms with Gasteiger partial charge in [0.1, 0.15) is 11.6 Å². The van der Waals surface area contributed by atoms with E-state index >= 15 is 0 Å². The average molecular weight is 315 g/mol. The maximum Gasteiger partial charge on any atom is 0.251 e. The van der Waals surface area contributed by atoms with Crippen molar-refractivity contribution in [3.63, 3.8) is 0 Å². The first-order valence-corrected chi connectivity index (χ1v) is 8.46. The zero-order chi connectivity index (χ0) is 16.2. The molecule has 0 aliphatic carbocycles. The zero-order valence-corrected chi connectivity index (χ0v) is 14.0. The summed E-state index contributed by atoms with van der Waals surface area (Å²) < 4.78 is 2.24. The third kappa shape index (κ3) is 3.88. The highest BCUT2D eigenvalue weighted by Gasteiger charge is 2.23. The Morgan fingerprint density at radius 1 is 1.43 bits per heavy atom. The molecule has 0 radical (unpaired) electrons. The largest absolute Gasteiger partial charge is 0.334 e. The summed E-state index contributed by atoms with van der Waals surface area (Å²) in [4.78, 5) is 25.9. The molecule has 0 bridgehead atoms. The Kier molecular flexibility index (Phi) is 4.91. The molecule has 6 heteroatoms. The van der Waals surface area contributed by atoms with E-state index in [4.69, 9.17) is 0 Å². The molecule has 1 N–H and O–H groups in total. The lowest BCUT2D eigenvalue weighted by Crippen LogP contribution is -2.35. The molecule has 0 aromatic carbocycles. The lowest BCUT2D eigenvalue weighted by atomic mass is 9.94. The van der Waals surface area contributed by atoms with Crippen LogP contribution in [0.4, 0.5) is 0 Å². The Labute approximate surface area is 136 Å². The van der Waals surface area contributed by atoms with Crippen LogP contribution in [0, 0.1) is 6.92 Å². The molecule has 1 atom stereocenters. The summed E-state index contributed by atoms with van der Waals surface area (Å²) in [5.74, 6) is 2.16. The second-order valence-corrected chi connectivity index (χ2v) is 6.37. The minimum absolute atomic E-state index is 0.0527. The Balaban J connectivity index is 1.70. The fraction of sp³-hybridized carbons (Fsp3) is 0.588. The van der Waals surface area contributed by atoms with Crippen molar-refractivity contribution in [3.8, 4) is 0 Å². The van der Waals surface area contributed by atoms with Crippen LogP contribution >= 0.6 is 0 Å². The summed E-state index contributed by atoms with van der Waals surface area (Å²) in [5, 5.41) is 0. The molecule has 1 aliphatic rings. The molecule has 1 unspecified atom stereocenters. The number of hydrogen-bond donors (Lipinski definition) is 1. The molecule has 1 fully saturated rings. The van der Waals surface area contributed by atoms with Gasteiger partial charge in [0.15, 0.2) is 0 Å². The standard InChI is InChI=1S/C17H25N5O/c1-3-7-22-9-6-18-16(22)12-21-8-4-5-14(11-21)15-10-17(23)20-13(2)19-15/h6,9-10,14H,3-5,7-8,11-12H2,1-2H3,(H,19,20,23). The summed E-state index contributed by atoms with van der Waals surface area (Å²) >= 11 is 0. The maximum atomic E-state index is 11.7. The number of rotatable bonds is 5. The van der Waals surface area contributed by atoms with Crippen molar-refractivity contribution in [2.24, 2.45) is 0 Å². The van der Waals surface area contributed by atoms with E-state index in [1.54, 1.807) is 6.07 Å². The van der Waals surface area contributed by atoms with Crippen LogP contribution in [0.1, 0.15) is 49.4 Å². The van der Waals surface area contributed by atoms with E-state index in [-0.39, 0.29) is 5.56 Å². The predicted octanol–water partition coefficient (Wildman–Crippen LogP) is 2.06. The number of likely N-dealkylation sites (tertiary alicyclic amines) is 1. The monoisotopic (exact) mass is 315 g/mol. The normalized spacial score (nSPS) is 19.1. The van der Waals surface area contributed by atoms with Gasteiger partial charge in [0.25, 0.3) is 5.56 Å². The number of aryl methyl sites for hydroxylation is 2. The van der Waals surface area contributed by atoms with Gasteiger partial charge in [-0.3, -0.25) is 9.69 Å². The molecule has 6 nitrogen and oxygen atoms in total. The molecule has 3 rings (SSSR count). The molecule has 3 heterocycles. The van der Waals surface area contributed by atoms with E-state index in [0.717, 1.165) is 57.0 Å². The van der Waals surface area contributed by atoms with Gasteiger partial charge in [-0.1, -0.05) is 6.92 Å². The summed E-state index contributed by atoms with van der Waals surface area (Å²) in [5.41, 5.74) is 0.871. The highest BCUT2D eigenvalue weighted by Crippen LogP contribution is 2.25. The highest BCUT2D eigenvalue weighted by atomic mass is 16.1. The summed E-state index contributed by atoms with van der Waals surface area (Å²) in [6.45, 7) is 7.92. The topological polar surface area (TPSA) is 66.8 Å². The number of aromatic nitrogens is 4. The van der Waals surface area contributed by atoms with Crippen molar-refractivity contribution in [2.75, 3.05) is 13.1 Å². The number of H-pyrrole nitrogens is 1. The van der Waals surface area contributed by atoms with Crippen LogP contribution < -0.4 is 5.56 Å². The third-order valence-corrected chi connectivity index (χ3v) is 4.43. The smallest absolute Gasteiger partial charge is 0.251 e. The van der Waals surface area contributed by atoms with E-state index in [1.165, 1.54) is 0 Å². The van der Waals surface area contributed by atoms with E-state index in [2.05, 4.69) is 37.5 Å². The summed E-state index contributed by atoms with van der Waals surface area (Å²) in [6, 6.07) is 1.65. The van der Waals surface area contributed by atoms with Crippen LogP contribution in [0.25, 0.3) is 0 Å². The number of piperidine rings is 1. The molecule has 2 aromatic rings. The first kappa shape index (κ1) is 15.9. The maximum absolute atomic E-state index is 11.7. The zero-order valence-electron chi connectivity index (χ0n) is 14.0. The van der Waals surface area contributed by atoms with Gasteiger partial charge in [0, 0.05) is 37.5 Å². The molecule has 124 valence electrons. The molecule has 1 aliphatic heterocycles. The van der Waals surface area contributed by atoms with E-state index < -0.39 is 0 Å². The molecule has 0 spiro atoms. The SMILES string of the molecule is CCCn1ccnc1CN1CCCC(c2cc(=O)[nH]c(C)n2)C1. The first-order valence-electron chi connectivity index (χ1n) is 8.46. The third-order valence-electron chi connectivity index (χ3n) is 4.43. The van der Waals surface area contributed by atoms with Crippen LogP contribution in [0.3, 0.4) is 0 Å². The van der Waals surface area contributed by atoms with Crippen molar-refractivity contribution < 1.29 is 0 Å². The van der Waals surface area contributed by atoms with Crippen LogP contribution in [-0.4, -0.2) is 37.5 Å². The van der Waals surface area contributed by atoms with Crippen molar-refractivity contribution in [2.45, 2.75) is 52.1 Å². The lowest BCUT2D eigenvalue weighted by molar-refractivity contribution is 0.191. The first-order chi connectivity index (χ1) is 11.2. The van der Waals surface area contributed by atoms with E-state index in [0.29, 0.717) is 11.7 Å². The minimum Gasteiger partial charge on any atom is -0.334 e. The van der Waals surface area contributed by atoms with Gasteiger partial charge in [0.2, 0.25) is 0 Å². The minimum atomic E-state index is -0.0527. The Hall–Kier alpha value is -1.95. The molecular weight excluding hydrogens is 290 g/mol. The lowest BCUT2D eigenvalue weighted by Gasteiger charge is -2.32. The molecule has 2 aromatic heterocycles. The summed E-state index contributed by atoms with van der Waals surface area (Å²) in [6.07, 6.45) is 7.28. The number of nitrogens with zero attached hydrogens (tertiary/aromatic N) is 4. The van der Waals surface area contributed by atoms with Crippen molar-refractivity contribution in [3.05, 3.63) is 46.2 Å². The van der Waals surface area contributed by atoms with Crippen LogP contribution in [0.5, 0.6) is 0 Å². The summed E-state index contributed by atoms with van der Waals surface area (Å²) in [7, 11) is 0. The molecule has 0 saturated carbocycles. The van der Waals surface area contributed by atoms with Crippen LogP contribution in [0.15, 0.2) is 23.3 Å². The van der Waals surface area contributed by atoms with Gasteiger partial charge in [-0.05, 0) is 32.7 Å². The Morgan fingerprint density at radius 3 is 3.09 bits per heavy atom. The predicted molar refractivity (Wildman–Crippen MR) is 89.4 cm³/mol. The van der Waals surface area contributed by atoms with Crippen molar-refractivity contribution in [1.82, 2.24) is 24.4 Å². The fourth-order valence-electron chi connectivity index (χ4n) is 3.39. The van der Waals surface area contributed by atoms with Gasteiger partial charge in [-0.2, -0.15) is 0 Å². The quantitative estimate of drug-likeness (QED) is 0.917. The van der Waals surface area contributed by atoms with Gasteiger partial charge in [0.05, 0.1) is 12.2 Å². The molecule has 0 amide bonds. The van der Waals surface area contributed by atoms with Crippen LogP contribution in [0.2, 0.25) is 0 Å². The second kappa shape index (κ2) is 7.08. The molecule has 1 saturated heterocycles. The van der Waals surface area contributed by atoms with Crippen LogP contribution in [-0.2, 0) is 13.1 Å². The molecule has 23 heavy (non-hydrogen) atoms. The number of hydrogen-bond acceptors (Lipinski definition) is 4. The molecular formula is C17H25N5O. The Morgan fingerprint density at radius 2 is 2.30 bits per heavy atom. The van der Waals surface area contributed by atoms with E-state index in [9.17, 15) is 4.79 Å². The Bertz CT molecular complexity index is 705. The van der Waals surface area contributed by atoms with Gasteiger partial charge < -0.3 is 9.55 Å². The van der Waals surface area contributed by atoms with Crippen molar-refractivity contribution >= 4 is 0 Å². The van der Waals surface area contributed by atoms with E-state index in [1.807, 2.05) is 13.1 Å². The van der Waals surface area contributed by atoms with Gasteiger partial charge in [-0.25, -0.2) is 9.97 Å². The van der Waals surface area contributed by atoms with Crippen molar-refractivity contribution in [1.29, 1.82) is 0 Å². The number of aromatic amines is 1. The second-order valence-electron chi connectivity index (χ2n) is 6.37. The fourth-order valence-corrected chi connectivity index (χ4v) is 3.39. The number of nitrogens with one attached hydrogen (secondary N) is 1. The van der Waals surface area contributed by atoms with Gasteiger partial charge >= 0.3 is 0 Å².